The van der Waals surface area contributed by atoms with Crippen molar-refractivity contribution in [2.24, 2.45) is 0 Å². The van der Waals surface area contributed by atoms with E-state index in [4.69, 9.17) is 6.42 Å². The van der Waals surface area contributed by atoms with Gasteiger partial charge in [0.05, 0.1) is 11.3 Å². The molecule has 0 radical (unpaired) electrons. The SMILES string of the molecule is C#CCCN1C(=O)C(=O)c2cccc(C)c21. The minimum atomic E-state index is -0.473. The molecule has 0 fully saturated rings. The lowest BCUT2D eigenvalue weighted by Gasteiger charge is -2.16. The smallest absolute Gasteiger partial charge is 0.299 e. The number of nitrogens with zero attached hydrogens (tertiary/aromatic N) is 1. The molecule has 80 valence electrons. The molecule has 1 amide bonds. The molecule has 1 heterocycles. The van der Waals surface area contributed by atoms with E-state index in [2.05, 4.69) is 5.92 Å². The van der Waals surface area contributed by atoms with Crippen molar-refractivity contribution in [3.05, 3.63) is 29.3 Å². The fourth-order valence-corrected chi connectivity index (χ4v) is 1.93. The lowest BCUT2D eigenvalue weighted by molar-refractivity contribution is -0.114. The van der Waals surface area contributed by atoms with Gasteiger partial charge < -0.3 is 4.90 Å². The summed E-state index contributed by atoms with van der Waals surface area (Å²) in [5.74, 6) is 1.57. The largest absolute Gasteiger partial charge is 0.304 e. The van der Waals surface area contributed by atoms with Gasteiger partial charge in [-0.1, -0.05) is 12.1 Å². The Kier molecular flexibility index (Phi) is 2.49. The van der Waals surface area contributed by atoms with E-state index in [1.807, 2.05) is 13.0 Å². The lowest BCUT2D eigenvalue weighted by atomic mass is 10.1. The Morgan fingerprint density at radius 2 is 2.12 bits per heavy atom. The maximum Gasteiger partial charge on any atom is 0.299 e. The van der Waals surface area contributed by atoms with Crippen molar-refractivity contribution < 1.29 is 9.59 Å². The number of anilines is 1. The molecule has 0 unspecified atom stereocenters. The van der Waals surface area contributed by atoms with Gasteiger partial charge in [0.25, 0.3) is 11.7 Å². The summed E-state index contributed by atoms with van der Waals surface area (Å²) < 4.78 is 0. The molecule has 0 saturated heterocycles. The van der Waals surface area contributed by atoms with Crippen LogP contribution < -0.4 is 4.90 Å². The molecule has 0 aromatic heterocycles. The van der Waals surface area contributed by atoms with Gasteiger partial charge in [-0.25, -0.2) is 0 Å². The molecular weight excluding hydrogens is 202 g/mol. The second-order valence-corrected chi connectivity index (χ2v) is 3.71. The summed E-state index contributed by atoms with van der Waals surface area (Å²) in [4.78, 5) is 24.9. The Hall–Kier alpha value is -2.08. The van der Waals surface area contributed by atoms with Crippen LogP contribution in [0, 0.1) is 19.3 Å². The van der Waals surface area contributed by atoms with E-state index in [9.17, 15) is 9.59 Å². The average molecular weight is 213 g/mol. The highest BCUT2D eigenvalue weighted by Gasteiger charge is 2.36. The van der Waals surface area contributed by atoms with Crippen LogP contribution in [0.1, 0.15) is 22.3 Å². The predicted octanol–water partition coefficient (Wildman–Crippen LogP) is 1.55. The molecule has 0 aliphatic carbocycles. The van der Waals surface area contributed by atoms with E-state index in [0.29, 0.717) is 24.2 Å². The van der Waals surface area contributed by atoms with E-state index in [1.54, 1.807) is 12.1 Å². The molecular formula is C13H11NO2. The molecule has 1 aromatic rings. The molecule has 3 heteroatoms. The van der Waals surface area contributed by atoms with Gasteiger partial charge in [0.1, 0.15) is 0 Å². The molecule has 0 bridgehead atoms. The zero-order valence-corrected chi connectivity index (χ0v) is 8.99. The standard InChI is InChI=1S/C13H11NO2/c1-3-4-8-14-11-9(2)6-5-7-10(11)12(15)13(14)16/h1,5-7H,4,8H2,2H3. The monoisotopic (exact) mass is 213 g/mol. The van der Waals surface area contributed by atoms with Crippen LogP contribution in [0.25, 0.3) is 0 Å². The number of amides is 1. The van der Waals surface area contributed by atoms with E-state index < -0.39 is 11.7 Å². The molecule has 0 atom stereocenters. The van der Waals surface area contributed by atoms with Crippen molar-refractivity contribution in [1.82, 2.24) is 0 Å². The van der Waals surface area contributed by atoms with Gasteiger partial charge in [-0.05, 0) is 18.6 Å². The van der Waals surface area contributed by atoms with Crippen LogP contribution in [-0.4, -0.2) is 18.2 Å². The van der Waals surface area contributed by atoms with Gasteiger partial charge in [0.15, 0.2) is 0 Å². The number of para-hydroxylation sites is 1. The maximum atomic E-state index is 11.7. The van der Waals surface area contributed by atoms with E-state index in [1.165, 1.54) is 4.90 Å². The van der Waals surface area contributed by atoms with E-state index in [0.717, 1.165) is 5.56 Å². The topological polar surface area (TPSA) is 37.4 Å². The van der Waals surface area contributed by atoms with Crippen LogP contribution in [-0.2, 0) is 4.79 Å². The van der Waals surface area contributed by atoms with Gasteiger partial charge >= 0.3 is 0 Å². The van der Waals surface area contributed by atoms with Crippen molar-refractivity contribution in [3.8, 4) is 12.3 Å². The molecule has 3 nitrogen and oxygen atoms in total. The van der Waals surface area contributed by atoms with Crippen molar-refractivity contribution in [2.75, 3.05) is 11.4 Å². The molecule has 1 aliphatic heterocycles. The van der Waals surface area contributed by atoms with Crippen LogP contribution in [0.15, 0.2) is 18.2 Å². The maximum absolute atomic E-state index is 11.7. The Balaban J connectivity index is 2.48. The minimum absolute atomic E-state index is 0.402. The fourth-order valence-electron chi connectivity index (χ4n) is 1.93. The highest BCUT2D eigenvalue weighted by atomic mass is 16.2. The van der Waals surface area contributed by atoms with Gasteiger partial charge in [0, 0.05) is 13.0 Å². The fraction of sp³-hybridized carbons (Fsp3) is 0.231. The quantitative estimate of drug-likeness (QED) is 0.552. The van der Waals surface area contributed by atoms with Crippen molar-refractivity contribution in [1.29, 1.82) is 0 Å². The predicted molar refractivity (Wildman–Crippen MR) is 61.3 cm³/mol. The number of ketones is 1. The summed E-state index contributed by atoms with van der Waals surface area (Å²) in [6.07, 6.45) is 5.62. The number of fused-ring (bicyclic) bond motifs is 1. The zero-order valence-electron chi connectivity index (χ0n) is 8.99. The molecule has 0 saturated carbocycles. The number of benzene rings is 1. The Bertz CT molecular complexity index is 511. The average Bonchev–Trinajstić information content (AvgIpc) is 2.52. The third kappa shape index (κ3) is 1.40. The molecule has 2 rings (SSSR count). The van der Waals surface area contributed by atoms with Gasteiger partial charge in [-0.3, -0.25) is 9.59 Å². The van der Waals surface area contributed by atoms with E-state index in [-0.39, 0.29) is 0 Å². The summed E-state index contributed by atoms with van der Waals surface area (Å²) in [6.45, 7) is 2.28. The number of carbonyl (C=O) groups excluding carboxylic acids is 2. The first-order valence-corrected chi connectivity index (χ1v) is 5.06. The first-order chi connectivity index (χ1) is 7.66. The lowest BCUT2D eigenvalue weighted by Crippen LogP contribution is -2.30. The molecule has 0 spiro atoms. The van der Waals surface area contributed by atoms with Crippen LogP contribution in [0.4, 0.5) is 5.69 Å². The van der Waals surface area contributed by atoms with Crippen LogP contribution in [0.2, 0.25) is 0 Å². The second-order valence-electron chi connectivity index (χ2n) is 3.71. The number of hydrogen-bond donors (Lipinski definition) is 0. The molecule has 1 aromatic carbocycles. The molecule has 16 heavy (non-hydrogen) atoms. The van der Waals surface area contributed by atoms with Gasteiger partial charge in [-0.2, -0.15) is 0 Å². The highest BCUT2D eigenvalue weighted by Crippen LogP contribution is 2.31. The number of carbonyl (C=O) groups is 2. The zero-order chi connectivity index (χ0) is 11.7. The van der Waals surface area contributed by atoms with Gasteiger partial charge in [0.2, 0.25) is 0 Å². The third-order valence-electron chi connectivity index (χ3n) is 2.67. The summed E-state index contributed by atoms with van der Waals surface area (Å²) in [5, 5.41) is 0. The Morgan fingerprint density at radius 3 is 2.81 bits per heavy atom. The summed E-state index contributed by atoms with van der Waals surface area (Å²) >= 11 is 0. The van der Waals surface area contributed by atoms with Crippen LogP contribution in [0.3, 0.4) is 0 Å². The first kappa shape index (κ1) is 10.4. The summed E-state index contributed by atoms with van der Waals surface area (Å²) in [5.41, 5.74) is 2.13. The molecule has 1 aliphatic rings. The number of Topliss-reactive ketones (excluding diaryl/α,β-unsaturated/α-hetero) is 1. The highest BCUT2D eigenvalue weighted by molar-refractivity contribution is 6.52. The van der Waals surface area contributed by atoms with E-state index >= 15 is 0 Å². The minimum Gasteiger partial charge on any atom is -0.304 e. The second kappa shape index (κ2) is 3.82. The number of terminal acetylenes is 1. The summed E-state index contributed by atoms with van der Waals surface area (Å²) in [6, 6.07) is 5.34. The molecule has 0 N–H and O–H groups in total. The summed E-state index contributed by atoms with van der Waals surface area (Å²) in [7, 11) is 0. The first-order valence-electron chi connectivity index (χ1n) is 5.06. The van der Waals surface area contributed by atoms with Crippen molar-refractivity contribution in [2.45, 2.75) is 13.3 Å². The third-order valence-corrected chi connectivity index (χ3v) is 2.67. The number of hydrogen-bond acceptors (Lipinski definition) is 2. The number of aryl methyl sites for hydroxylation is 1. The van der Waals surface area contributed by atoms with Gasteiger partial charge in [-0.15, -0.1) is 12.3 Å². The number of rotatable bonds is 2. The van der Waals surface area contributed by atoms with Crippen molar-refractivity contribution >= 4 is 17.4 Å². The van der Waals surface area contributed by atoms with Crippen LogP contribution >= 0.6 is 0 Å². The Morgan fingerprint density at radius 1 is 1.38 bits per heavy atom. The van der Waals surface area contributed by atoms with Crippen molar-refractivity contribution in [3.63, 3.8) is 0 Å². The normalized spacial score (nSPS) is 13.9. The Labute approximate surface area is 94.1 Å². The van der Waals surface area contributed by atoms with Crippen LogP contribution in [0.5, 0.6) is 0 Å².